The lowest BCUT2D eigenvalue weighted by Crippen LogP contribution is -2.39. The third-order valence-corrected chi connectivity index (χ3v) is 5.88. The van der Waals surface area contributed by atoms with E-state index in [9.17, 15) is 13.2 Å². The van der Waals surface area contributed by atoms with Gasteiger partial charge in [-0.25, -0.2) is 0 Å². The fraction of sp³-hybridized carbons (Fsp3) is 0.500. The molecule has 0 amide bonds. The van der Waals surface area contributed by atoms with Crippen LogP contribution in [0, 0.1) is 5.92 Å². The van der Waals surface area contributed by atoms with Crippen LogP contribution in [0.5, 0.6) is 5.75 Å². The summed E-state index contributed by atoms with van der Waals surface area (Å²) in [6.07, 6.45) is 0.101. The monoisotopic (exact) mass is 420 g/mol. The third kappa shape index (κ3) is 4.65. The van der Waals surface area contributed by atoms with Crippen molar-refractivity contribution in [3.63, 3.8) is 0 Å². The standard InChI is InChI=1S/C24H27F3O3/c1-2-3-4-11-28-20-12-18-14-29-22-13-17(7-10-21(22)23(18)30-15-20)16-5-8-19(9-6-16)24(25,26)27/h5-10,13,18,20,23H,2-4,11-12,14-15H2,1H3/t18-,20?,23+/m0/s1. The summed E-state index contributed by atoms with van der Waals surface area (Å²) in [5.74, 6) is 0.996. The Kier molecular flexibility index (Phi) is 6.34. The minimum atomic E-state index is -4.33. The molecule has 0 aromatic heterocycles. The average Bonchev–Trinajstić information content (AvgIpc) is 2.75. The molecule has 3 atom stereocenters. The maximum atomic E-state index is 12.8. The van der Waals surface area contributed by atoms with Crippen molar-refractivity contribution in [2.24, 2.45) is 5.92 Å². The summed E-state index contributed by atoms with van der Waals surface area (Å²) in [4.78, 5) is 0. The largest absolute Gasteiger partial charge is 0.493 e. The predicted molar refractivity (Wildman–Crippen MR) is 108 cm³/mol. The Labute approximate surface area is 175 Å². The van der Waals surface area contributed by atoms with Crippen LogP contribution in [-0.2, 0) is 15.7 Å². The van der Waals surface area contributed by atoms with Crippen molar-refractivity contribution in [3.8, 4) is 16.9 Å². The molecule has 2 heterocycles. The van der Waals surface area contributed by atoms with Crippen LogP contribution in [0.2, 0.25) is 0 Å². The van der Waals surface area contributed by atoms with Crippen LogP contribution in [0.25, 0.3) is 11.1 Å². The molecule has 30 heavy (non-hydrogen) atoms. The van der Waals surface area contributed by atoms with Crippen molar-refractivity contribution in [1.82, 2.24) is 0 Å². The highest BCUT2D eigenvalue weighted by molar-refractivity contribution is 5.67. The minimum absolute atomic E-state index is 0.0223. The maximum absolute atomic E-state index is 12.8. The van der Waals surface area contributed by atoms with E-state index >= 15 is 0 Å². The molecule has 2 aliphatic heterocycles. The van der Waals surface area contributed by atoms with Gasteiger partial charge in [-0.15, -0.1) is 0 Å². The topological polar surface area (TPSA) is 27.7 Å². The van der Waals surface area contributed by atoms with Gasteiger partial charge in [0, 0.05) is 18.1 Å². The normalized spacial score (nSPS) is 23.4. The van der Waals surface area contributed by atoms with Crippen molar-refractivity contribution in [2.75, 3.05) is 19.8 Å². The van der Waals surface area contributed by atoms with E-state index in [1.165, 1.54) is 25.0 Å². The van der Waals surface area contributed by atoms with E-state index in [1.54, 1.807) is 0 Å². The van der Waals surface area contributed by atoms with Crippen LogP contribution in [0.1, 0.15) is 49.8 Å². The van der Waals surface area contributed by atoms with Gasteiger partial charge in [0.25, 0.3) is 0 Å². The second-order valence-electron chi connectivity index (χ2n) is 8.09. The van der Waals surface area contributed by atoms with Gasteiger partial charge in [-0.2, -0.15) is 13.2 Å². The number of unbranched alkanes of at least 4 members (excludes halogenated alkanes) is 2. The van der Waals surface area contributed by atoms with Gasteiger partial charge in [-0.1, -0.05) is 44.0 Å². The number of hydrogen-bond donors (Lipinski definition) is 0. The van der Waals surface area contributed by atoms with Gasteiger partial charge in [0.2, 0.25) is 0 Å². The molecule has 2 aromatic carbocycles. The molecule has 2 aromatic rings. The fourth-order valence-electron chi connectivity index (χ4n) is 4.22. The van der Waals surface area contributed by atoms with E-state index in [0.29, 0.717) is 13.2 Å². The predicted octanol–water partition coefficient (Wildman–Crippen LogP) is 6.42. The van der Waals surface area contributed by atoms with Crippen molar-refractivity contribution in [2.45, 2.75) is 51.0 Å². The molecule has 0 N–H and O–H groups in total. The van der Waals surface area contributed by atoms with Crippen LogP contribution in [0.15, 0.2) is 42.5 Å². The zero-order valence-electron chi connectivity index (χ0n) is 17.1. The molecular weight excluding hydrogens is 393 g/mol. The molecule has 0 spiro atoms. The Morgan fingerprint density at radius 1 is 1.00 bits per heavy atom. The second-order valence-corrected chi connectivity index (χ2v) is 8.09. The highest BCUT2D eigenvalue weighted by atomic mass is 19.4. The van der Waals surface area contributed by atoms with Gasteiger partial charge in [0.05, 0.1) is 31.0 Å². The minimum Gasteiger partial charge on any atom is -0.493 e. The van der Waals surface area contributed by atoms with Crippen molar-refractivity contribution in [3.05, 3.63) is 53.6 Å². The number of halogens is 3. The van der Waals surface area contributed by atoms with E-state index in [0.717, 1.165) is 54.0 Å². The first-order valence-corrected chi connectivity index (χ1v) is 10.6. The number of hydrogen-bond acceptors (Lipinski definition) is 3. The highest BCUT2D eigenvalue weighted by Crippen LogP contribution is 2.44. The number of ether oxygens (including phenoxy) is 3. The van der Waals surface area contributed by atoms with Crippen molar-refractivity contribution in [1.29, 1.82) is 0 Å². The molecule has 162 valence electrons. The van der Waals surface area contributed by atoms with E-state index in [2.05, 4.69) is 6.92 Å². The lowest BCUT2D eigenvalue weighted by Gasteiger charge is -2.40. The Morgan fingerprint density at radius 3 is 2.50 bits per heavy atom. The molecular formula is C24H27F3O3. The number of rotatable bonds is 6. The molecule has 0 saturated carbocycles. The molecule has 1 unspecified atom stereocenters. The first kappa shape index (κ1) is 21.2. The third-order valence-electron chi connectivity index (χ3n) is 5.88. The van der Waals surface area contributed by atoms with Crippen molar-refractivity contribution >= 4 is 0 Å². The molecule has 3 nitrogen and oxygen atoms in total. The van der Waals surface area contributed by atoms with Gasteiger partial charge >= 0.3 is 6.18 Å². The first-order valence-electron chi connectivity index (χ1n) is 10.6. The van der Waals surface area contributed by atoms with Crippen LogP contribution in [0.4, 0.5) is 13.2 Å². The highest BCUT2D eigenvalue weighted by Gasteiger charge is 2.38. The summed E-state index contributed by atoms with van der Waals surface area (Å²) >= 11 is 0. The molecule has 4 rings (SSSR count). The summed E-state index contributed by atoms with van der Waals surface area (Å²) in [6.45, 7) is 4.08. The van der Waals surface area contributed by atoms with Crippen LogP contribution in [-0.4, -0.2) is 25.9 Å². The van der Waals surface area contributed by atoms with Gasteiger partial charge in [-0.05, 0) is 42.2 Å². The second kappa shape index (κ2) is 8.98. The molecule has 0 bridgehead atoms. The Morgan fingerprint density at radius 2 is 1.77 bits per heavy atom. The smallest absolute Gasteiger partial charge is 0.416 e. The molecule has 0 radical (unpaired) electrons. The summed E-state index contributed by atoms with van der Waals surface area (Å²) in [5.41, 5.74) is 1.91. The summed E-state index contributed by atoms with van der Waals surface area (Å²) < 4.78 is 56.5. The zero-order chi connectivity index (χ0) is 21.1. The fourth-order valence-corrected chi connectivity index (χ4v) is 4.22. The van der Waals surface area contributed by atoms with Gasteiger partial charge in [0.1, 0.15) is 5.75 Å². The lowest BCUT2D eigenvalue weighted by atomic mass is 9.86. The lowest BCUT2D eigenvalue weighted by molar-refractivity contribution is -0.137. The van der Waals surface area contributed by atoms with Gasteiger partial charge < -0.3 is 14.2 Å². The first-order chi connectivity index (χ1) is 14.5. The Hall–Kier alpha value is -2.05. The van der Waals surface area contributed by atoms with E-state index in [-0.39, 0.29) is 18.1 Å². The van der Waals surface area contributed by atoms with Crippen LogP contribution < -0.4 is 4.74 Å². The van der Waals surface area contributed by atoms with Crippen molar-refractivity contribution < 1.29 is 27.4 Å². The van der Waals surface area contributed by atoms with Gasteiger partial charge in [-0.3, -0.25) is 0 Å². The number of benzene rings is 2. The average molecular weight is 420 g/mol. The summed E-state index contributed by atoms with van der Waals surface area (Å²) in [5, 5.41) is 0. The zero-order valence-corrected chi connectivity index (χ0v) is 17.1. The summed E-state index contributed by atoms with van der Waals surface area (Å²) in [6, 6.07) is 11.0. The number of fused-ring (bicyclic) bond motifs is 3. The Bertz CT molecular complexity index is 848. The van der Waals surface area contributed by atoms with Crippen LogP contribution in [0.3, 0.4) is 0 Å². The van der Waals surface area contributed by atoms with E-state index in [1.807, 2.05) is 18.2 Å². The van der Waals surface area contributed by atoms with E-state index in [4.69, 9.17) is 14.2 Å². The SMILES string of the molecule is CCCCCOC1CO[C@H]2c3ccc(-c4ccc(C(F)(F)F)cc4)cc3OC[C@@H]2C1. The molecule has 6 heteroatoms. The molecule has 0 aliphatic carbocycles. The molecule has 2 aliphatic rings. The summed E-state index contributed by atoms with van der Waals surface area (Å²) in [7, 11) is 0. The molecule has 1 saturated heterocycles. The number of alkyl halides is 3. The van der Waals surface area contributed by atoms with Crippen LogP contribution >= 0.6 is 0 Å². The molecule has 1 fully saturated rings. The maximum Gasteiger partial charge on any atom is 0.416 e. The van der Waals surface area contributed by atoms with E-state index < -0.39 is 11.7 Å². The quantitative estimate of drug-likeness (QED) is 0.505. The Balaban J connectivity index is 1.43. The van der Waals surface area contributed by atoms with Gasteiger partial charge in [0.15, 0.2) is 0 Å².